The topological polar surface area (TPSA) is 49.8 Å². The third kappa shape index (κ3) is 4.29. The highest BCUT2D eigenvalue weighted by Gasteiger charge is 2.17. The molecule has 5 heteroatoms. The van der Waals surface area contributed by atoms with Gasteiger partial charge >= 0.3 is 6.09 Å². The molecule has 0 radical (unpaired) electrons. The van der Waals surface area contributed by atoms with Crippen LogP contribution >= 0.6 is 0 Å². The van der Waals surface area contributed by atoms with Gasteiger partial charge in [-0.25, -0.2) is 9.18 Å². The summed E-state index contributed by atoms with van der Waals surface area (Å²) in [6.07, 6.45) is -1.30. The predicted molar refractivity (Wildman–Crippen MR) is 85.4 cm³/mol. The van der Waals surface area contributed by atoms with Gasteiger partial charge in [-0.15, -0.1) is 0 Å². The Kier molecular flexibility index (Phi) is 5.71. The fourth-order valence-corrected chi connectivity index (χ4v) is 2.32. The number of benzene rings is 2. The van der Waals surface area contributed by atoms with Gasteiger partial charge in [0.1, 0.15) is 11.9 Å². The lowest BCUT2D eigenvalue weighted by atomic mass is 9.96. The molecule has 2 aromatic rings. The first-order valence-electron chi connectivity index (χ1n) is 7.42. The molecule has 1 amide bonds. The number of nitrogens with zero attached hydrogens (tertiary/aromatic N) is 1. The molecule has 0 aliphatic rings. The minimum atomic E-state index is -0.887. The van der Waals surface area contributed by atoms with Gasteiger partial charge in [-0.2, -0.15) is 0 Å². The SMILES string of the molecule is CCOC(=O)N(C)Cc1ccccc1[C@H](O)c1ccc(F)cc1. The van der Waals surface area contributed by atoms with Crippen molar-refractivity contribution in [1.82, 2.24) is 4.90 Å². The van der Waals surface area contributed by atoms with Gasteiger partial charge in [0.25, 0.3) is 0 Å². The van der Waals surface area contributed by atoms with E-state index in [-0.39, 0.29) is 5.82 Å². The maximum atomic E-state index is 13.0. The molecule has 2 rings (SSSR count). The summed E-state index contributed by atoms with van der Waals surface area (Å²) in [6.45, 7) is 2.37. The molecule has 0 saturated carbocycles. The number of carbonyl (C=O) groups excluding carboxylic acids is 1. The van der Waals surface area contributed by atoms with Crippen molar-refractivity contribution >= 4 is 6.09 Å². The highest BCUT2D eigenvalue weighted by molar-refractivity contribution is 5.67. The van der Waals surface area contributed by atoms with Crippen LogP contribution in [0.1, 0.15) is 29.7 Å². The Morgan fingerprint density at radius 1 is 1.22 bits per heavy atom. The van der Waals surface area contributed by atoms with Crippen molar-refractivity contribution in [2.45, 2.75) is 19.6 Å². The van der Waals surface area contributed by atoms with E-state index >= 15 is 0 Å². The third-order valence-electron chi connectivity index (χ3n) is 3.52. The number of hydrogen-bond donors (Lipinski definition) is 1. The van der Waals surface area contributed by atoms with Crippen LogP contribution in [0.4, 0.5) is 9.18 Å². The zero-order valence-corrected chi connectivity index (χ0v) is 13.2. The Hall–Kier alpha value is -2.40. The van der Waals surface area contributed by atoms with Crippen molar-refractivity contribution in [2.75, 3.05) is 13.7 Å². The summed E-state index contributed by atoms with van der Waals surface area (Å²) in [5.41, 5.74) is 2.08. The van der Waals surface area contributed by atoms with Crippen LogP contribution in [-0.4, -0.2) is 29.8 Å². The second-order valence-corrected chi connectivity index (χ2v) is 5.21. The van der Waals surface area contributed by atoms with E-state index in [2.05, 4.69) is 0 Å². The van der Waals surface area contributed by atoms with Crippen molar-refractivity contribution in [3.63, 3.8) is 0 Å². The molecule has 2 aromatic carbocycles. The third-order valence-corrected chi connectivity index (χ3v) is 3.52. The largest absolute Gasteiger partial charge is 0.450 e. The number of rotatable bonds is 5. The first-order chi connectivity index (χ1) is 11.0. The highest BCUT2D eigenvalue weighted by atomic mass is 19.1. The zero-order valence-electron chi connectivity index (χ0n) is 13.2. The van der Waals surface area contributed by atoms with Crippen molar-refractivity contribution < 1.29 is 19.0 Å². The first-order valence-corrected chi connectivity index (χ1v) is 7.42. The van der Waals surface area contributed by atoms with Crippen LogP contribution in [0, 0.1) is 5.82 Å². The molecule has 0 unspecified atom stereocenters. The molecule has 0 spiro atoms. The molecule has 0 bridgehead atoms. The van der Waals surface area contributed by atoms with Crippen LogP contribution in [0.25, 0.3) is 0 Å². The van der Waals surface area contributed by atoms with E-state index in [1.165, 1.54) is 17.0 Å². The van der Waals surface area contributed by atoms with Crippen molar-refractivity contribution in [2.24, 2.45) is 0 Å². The van der Waals surface area contributed by atoms with Crippen LogP contribution in [0.3, 0.4) is 0 Å². The summed E-state index contributed by atoms with van der Waals surface area (Å²) >= 11 is 0. The maximum absolute atomic E-state index is 13.0. The minimum Gasteiger partial charge on any atom is -0.450 e. The van der Waals surface area contributed by atoms with Gasteiger partial charge < -0.3 is 14.7 Å². The van der Waals surface area contributed by atoms with Crippen LogP contribution in [0.2, 0.25) is 0 Å². The summed E-state index contributed by atoms with van der Waals surface area (Å²) in [7, 11) is 1.64. The lowest BCUT2D eigenvalue weighted by Gasteiger charge is -2.21. The van der Waals surface area contributed by atoms with Gasteiger partial charge in [0.2, 0.25) is 0 Å². The Bertz CT molecular complexity index is 658. The molecule has 0 saturated heterocycles. The van der Waals surface area contributed by atoms with Crippen molar-refractivity contribution in [3.05, 3.63) is 71.0 Å². The average Bonchev–Trinajstić information content (AvgIpc) is 2.55. The molecule has 0 aromatic heterocycles. The predicted octanol–water partition coefficient (Wildman–Crippen LogP) is 3.50. The molecule has 122 valence electrons. The Morgan fingerprint density at radius 2 is 1.87 bits per heavy atom. The Balaban J connectivity index is 2.23. The minimum absolute atomic E-state index is 0.309. The lowest BCUT2D eigenvalue weighted by Crippen LogP contribution is -2.27. The van der Waals surface area contributed by atoms with E-state index in [0.29, 0.717) is 24.3 Å². The molecular weight excluding hydrogens is 297 g/mol. The number of aliphatic hydroxyl groups is 1. The maximum Gasteiger partial charge on any atom is 0.409 e. The highest BCUT2D eigenvalue weighted by Crippen LogP contribution is 2.26. The average molecular weight is 317 g/mol. The van der Waals surface area contributed by atoms with Crippen LogP contribution in [-0.2, 0) is 11.3 Å². The molecule has 0 heterocycles. The summed E-state index contributed by atoms with van der Waals surface area (Å²) < 4.78 is 18.0. The first kappa shape index (κ1) is 17.0. The van der Waals surface area contributed by atoms with E-state index in [9.17, 15) is 14.3 Å². The second kappa shape index (κ2) is 7.74. The fraction of sp³-hybridized carbons (Fsp3) is 0.278. The standard InChI is InChI=1S/C18H20FNO3/c1-3-23-18(22)20(2)12-14-6-4-5-7-16(14)17(21)13-8-10-15(19)11-9-13/h4-11,17,21H,3,12H2,1-2H3/t17-/m1/s1. The van der Waals surface area contributed by atoms with E-state index in [0.717, 1.165) is 5.56 Å². The fourth-order valence-electron chi connectivity index (χ4n) is 2.32. The number of halogens is 1. The van der Waals surface area contributed by atoms with E-state index < -0.39 is 12.2 Å². The Labute approximate surface area is 135 Å². The van der Waals surface area contributed by atoms with Gasteiger partial charge in [-0.3, -0.25) is 0 Å². The quantitative estimate of drug-likeness (QED) is 0.918. The lowest BCUT2D eigenvalue weighted by molar-refractivity contribution is 0.113. The van der Waals surface area contributed by atoms with Gasteiger partial charge in [0.15, 0.2) is 0 Å². The van der Waals surface area contributed by atoms with E-state index in [1.807, 2.05) is 18.2 Å². The van der Waals surface area contributed by atoms with Crippen LogP contribution in [0.15, 0.2) is 48.5 Å². The van der Waals surface area contributed by atoms with Gasteiger partial charge in [0.05, 0.1) is 6.61 Å². The van der Waals surface area contributed by atoms with Crippen molar-refractivity contribution in [3.8, 4) is 0 Å². The normalized spacial score (nSPS) is 11.8. The molecule has 0 fully saturated rings. The smallest absolute Gasteiger partial charge is 0.409 e. The second-order valence-electron chi connectivity index (χ2n) is 5.21. The number of ether oxygens (including phenoxy) is 1. The summed E-state index contributed by atoms with van der Waals surface area (Å²) in [5.74, 6) is -0.351. The van der Waals surface area contributed by atoms with Gasteiger partial charge in [-0.05, 0) is 35.7 Å². The number of aliphatic hydroxyl groups excluding tert-OH is 1. The van der Waals surface area contributed by atoms with E-state index in [1.54, 1.807) is 32.2 Å². The Morgan fingerprint density at radius 3 is 2.52 bits per heavy atom. The van der Waals surface area contributed by atoms with Crippen LogP contribution in [0.5, 0.6) is 0 Å². The summed E-state index contributed by atoms with van der Waals surface area (Å²) in [4.78, 5) is 13.2. The molecule has 23 heavy (non-hydrogen) atoms. The number of hydrogen-bond acceptors (Lipinski definition) is 3. The number of amides is 1. The molecule has 4 nitrogen and oxygen atoms in total. The van der Waals surface area contributed by atoms with Gasteiger partial charge in [0, 0.05) is 13.6 Å². The molecule has 0 aliphatic carbocycles. The van der Waals surface area contributed by atoms with Gasteiger partial charge in [-0.1, -0.05) is 36.4 Å². The summed E-state index contributed by atoms with van der Waals surface area (Å²) in [5, 5.41) is 10.6. The van der Waals surface area contributed by atoms with E-state index in [4.69, 9.17) is 4.74 Å². The monoisotopic (exact) mass is 317 g/mol. The van der Waals surface area contributed by atoms with Crippen molar-refractivity contribution in [1.29, 1.82) is 0 Å². The molecular formula is C18H20FNO3. The van der Waals surface area contributed by atoms with Crippen LogP contribution < -0.4 is 0 Å². The molecule has 1 atom stereocenters. The summed E-state index contributed by atoms with van der Waals surface area (Å²) in [6, 6.07) is 13.0. The number of carbonyl (C=O) groups is 1. The molecule has 1 N–H and O–H groups in total. The zero-order chi connectivity index (χ0) is 16.8. The molecule has 0 aliphatic heterocycles.